The van der Waals surface area contributed by atoms with Gasteiger partial charge in [0.1, 0.15) is 18.2 Å². The quantitative estimate of drug-likeness (QED) is 0.193. The summed E-state index contributed by atoms with van der Waals surface area (Å²) in [4.78, 5) is 24.8. The van der Waals surface area contributed by atoms with Gasteiger partial charge in [-0.05, 0) is 66.3 Å². The lowest BCUT2D eigenvalue weighted by molar-refractivity contribution is -0.172. The van der Waals surface area contributed by atoms with E-state index in [9.17, 15) is 9.59 Å². The van der Waals surface area contributed by atoms with Crippen molar-refractivity contribution in [2.45, 2.75) is 89.3 Å². The van der Waals surface area contributed by atoms with Crippen LogP contribution in [-0.4, -0.2) is 75.5 Å². The Morgan fingerprint density at radius 3 is 2.52 bits per heavy atom. The second-order valence-electron chi connectivity index (χ2n) is 9.71. The van der Waals surface area contributed by atoms with Gasteiger partial charge in [-0.1, -0.05) is 11.6 Å². The average molecular weight is 471 g/mol. The molecule has 1 saturated heterocycles. The van der Waals surface area contributed by atoms with E-state index in [4.69, 9.17) is 29.4 Å². The number of alkyl carbamates (subject to hydrolysis) is 1. The predicted octanol–water partition coefficient (Wildman–Crippen LogP) is 2.71. The van der Waals surface area contributed by atoms with Crippen molar-refractivity contribution >= 4 is 12.1 Å². The molecule has 5 atom stereocenters. The fraction of sp³-hybridized carbons (Fsp3) is 0.833. The Hall–Kier alpha value is -1.68. The first-order chi connectivity index (χ1) is 15.6. The van der Waals surface area contributed by atoms with Gasteiger partial charge in [0.2, 0.25) is 0 Å². The molecule has 2 aliphatic rings. The van der Waals surface area contributed by atoms with Crippen LogP contribution >= 0.6 is 0 Å². The van der Waals surface area contributed by atoms with Crippen LogP contribution in [0.25, 0.3) is 0 Å². The maximum absolute atomic E-state index is 12.7. The Bertz CT molecular complexity index is 686. The average Bonchev–Trinajstić information content (AvgIpc) is 3.52. The number of carbonyl (C=O) groups excluding carboxylic acids is 2. The normalized spacial score (nSPS) is 27.5. The van der Waals surface area contributed by atoms with E-state index in [2.05, 4.69) is 5.32 Å². The summed E-state index contributed by atoms with van der Waals surface area (Å²) in [5.41, 5.74) is 5.81. The predicted molar refractivity (Wildman–Crippen MR) is 124 cm³/mol. The highest BCUT2D eigenvalue weighted by Gasteiger charge is 2.64. The number of unbranched alkanes of at least 4 members (excludes halogenated alkanes) is 1. The summed E-state index contributed by atoms with van der Waals surface area (Å²) in [5, 5.41) is 2.65. The second-order valence-corrected chi connectivity index (χ2v) is 9.71. The number of esters is 1. The van der Waals surface area contributed by atoms with Gasteiger partial charge in [-0.25, -0.2) is 9.59 Å². The van der Waals surface area contributed by atoms with Crippen molar-refractivity contribution in [3.05, 3.63) is 11.6 Å². The topological polar surface area (TPSA) is 122 Å². The molecule has 2 fully saturated rings. The maximum atomic E-state index is 12.7. The van der Waals surface area contributed by atoms with Crippen LogP contribution in [0, 0.1) is 5.92 Å². The summed E-state index contributed by atoms with van der Waals surface area (Å²) in [6, 6.07) is -0.781. The van der Waals surface area contributed by atoms with E-state index in [0.29, 0.717) is 39.0 Å². The Labute approximate surface area is 197 Å². The number of nitrogens with one attached hydrogen (secondary N) is 1. The van der Waals surface area contributed by atoms with Crippen molar-refractivity contribution in [2.75, 3.05) is 34.0 Å². The molecule has 1 aliphatic heterocycles. The summed E-state index contributed by atoms with van der Waals surface area (Å²) in [7, 11) is 2.91. The standard InChI is InChI=1S/C24H42N2O7/c1-16(2)11-14-31-23(3,4)20-19(29-5)18(10-12-24(20)15-32-24)33-22(28)26-17(21(27)30-6)9-7-8-13-25/h11,17-20H,7-10,12-15,25H2,1-6H3,(H,26,28)/t17-,18?,19?,20?,24-/m0/s1. The molecule has 2 rings (SSSR count). The minimum absolute atomic E-state index is 0.131. The zero-order valence-electron chi connectivity index (χ0n) is 21.0. The van der Waals surface area contributed by atoms with Gasteiger partial charge >= 0.3 is 12.1 Å². The minimum atomic E-state index is -0.781. The van der Waals surface area contributed by atoms with Crippen LogP contribution in [0.15, 0.2) is 11.6 Å². The fourth-order valence-corrected chi connectivity index (χ4v) is 4.79. The molecule has 3 N–H and O–H groups in total. The lowest BCUT2D eigenvalue weighted by Gasteiger charge is -2.47. The first-order valence-electron chi connectivity index (χ1n) is 11.8. The number of amides is 1. The van der Waals surface area contributed by atoms with Crippen LogP contribution < -0.4 is 11.1 Å². The van der Waals surface area contributed by atoms with Gasteiger partial charge in [-0.3, -0.25) is 0 Å². The molecule has 9 nitrogen and oxygen atoms in total. The van der Waals surface area contributed by atoms with Crippen LogP contribution in [0.5, 0.6) is 0 Å². The van der Waals surface area contributed by atoms with E-state index in [1.165, 1.54) is 12.7 Å². The Balaban J connectivity index is 2.09. The van der Waals surface area contributed by atoms with Crippen LogP contribution in [-0.2, 0) is 28.5 Å². The molecule has 0 radical (unpaired) electrons. The molecule has 9 heteroatoms. The lowest BCUT2D eigenvalue weighted by atomic mass is 9.68. The van der Waals surface area contributed by atoms with E-state index in [-0.39, 0.29) is 11.5 Å². The molecule has 33 heavy (non-hydrogen) atoms. The lowest BCUT2D eigenvalue weighted by Crippen LogP contribution is -2.59. The van der Waals surface area contributed by atoms with E-state index in [1.807, 2.05) is 33.8 Å². The Kier molecular flexibility index (Phi) is 10.1. The number of epoxide rings is 1. The molecular formula is C24H42N2O7. The number of allylic oxidation sites excluding steroid dienone is 1. The third kappa shape index (κ3) is 7.40. The second kappa shape index (κ2) is 12.1. The summed E-state index contributed by atoms with van der Waals surface area (Å²) < 4.78 is 28.6. The third-order valence-electron chi connectivity index (χ3n) is 6.58. The molecule has 190 valence electrons. The summed E-state index contributed by atoms with van der Waals surface area (Å²) in [6.45, 7) is 9.75. The number of hydrogen-bond donors (Lipinski definition) is 2. The first-order valence-corrected chi connectivity index (χ1v) is 11.8. The van der Waals surface area contributed by atoms with Crippen molar-refractivity contribution < 1.29 is 33.3 Å². The van der Waals surface area contributed by atoms with Crippen LogP contribution in [0.2, 0.25) is 0 Å². The van der Waals surface area contributed by atoms with Gasteiger partial charge in [0.05, 0.1) is 31.5 Å². The fourth-order valence-electron chi connectivity index (χ4n) is 4.79. The molecule has 1 spiro atoms. The van der Waals surface area contributed by atoms with Gasteiger partial charge < -0.3 is 34.7 Å². The van der Waals surface area contributed by atoms with E-state index in [0.717, 1.165) is 12.8 Å². The Morgan fingerprint density at radius 1 is 1.27 bits per heavy atom. The molecule has 0 aromatic carbocycles. The summed E-state index contributed by atoms with van der Waals surface area (Å²) >= 11 is 0. The molecule has 1 amide bonds. The third-order valence-corrected chi connectivity index (χ3v) is 6.58. The van der Waals surface area contributed by atoms with Gasteiger partial charge in [0.15, 0.2) is 0 Å². The SMILES string of the molecule is COC(=O)[C@H](CCCCN)NC(=O)OC1CC[C@]2(CO2)C(C(C)(C)OCC=C(C)C)C1OC. The number of nitrogens with two attached hydrogens (primary N) is 1. The van der Waals surface area contributed by atoms with E-state index < -0.39 is 35.9 Å². The number of methoxy groups -OCH3 is 2. The molecule has 1 saturated carbocycles. The molecule has 1 aliphatic carbocycles. The van der Waals surface area contributed by atoms with Crippen molar-refractivity contribution in [3.63, 3.8) is 0 Å². The number of hydrogen-bond acceptors (Lipinski definition) is 8. The van der Waals surface area contributed by atoms with Gasteiger partial charge in [-0.2, -0.15) is 0 Å². The highest BCUT2D eigenvalue weighted by atomic mass is 16.6. The van der Waals surface area contributed by atoms with Crippen LogP contribution in [0.3, 0.4) is 0 Å². The highest BCUT2D eigenvalue weighted by molar-refractivity contribution is 5.81. The number of ether oxygens (including phenoxy) is 5. The largest absolute Gasteiger partial charge is 0.467 e. The molecule has 0 bridgehead atoms. The molecule has 0 aromatic rings. The molecular weight excluding hydrogens is 428 g/mol. The zero-order valence-corrected chi connectivity index (χ0v) is 21.0. The van der Waals surface area contributed by atoms with E-state index >= 15 is 0 Å². The van der Waals surface area contributed by atoms with Gasteiger partial charge in [-0.15, -0.1) is 0 Å². The minimum Gasteiger partial charge on any atom is -0.467 e. The first kappa shape index (κ1) is 27.6. The summed E-state index contributed by atoms with van der Waals surface area (Å²) in [6.07, 6.45) is 3.67. The number of carbonyl (C=O) groups is 2. The monoisotopic (exact) mass is 470 g/mol. The van der Waals surface area contributed by atoms with E-state index in [1.54, 1.807) is 7.11 Å². The van der Waals surface area contributed by atoms with Crippen molar-refractivity contribution in [3.8, 4) is 0 Å². The summed E-state index contributed by atoms with van der Waals surface area (Å²) in [5.74, 6) is -0.638. The highest BCUT2D eigenvalue weighted by Crippen LogP contribution is 2.52. The zero-order chi connectivity index (χ0) is 24.6. The Morgan fingerprint density at radius 2 is 1.97 bits per heavy atom. The number of rotatable bonds is 12. The molecule has 1 heterocycles. The van der Waals surface area contributed by atoms with Crippen molar-refractivity contribution in [1.29, 1.82) is 0 Å². The van der Waals surface area contributed by atoms with Gasteiger partial charge in [0, 0.05) is 13.0 Å². The molecule has 3 unspecified atom stereocenters. The molecule has 0 aromatic heterocycles. The maximum Gasteiger partial charge on any atom is 0.408 e. The van der Waals surface area contributed by atoms with Crippen LogP contribution in [0.1, 0.15) is 59.8 Å². The smallest absolute Gasteiger partial charge is 0.408 e. The van der Waals surface area contributed by atoms with Crippen LogP contribution in [0.4, 0.5) is 4.79 Å². The van der Waals surface area contributed by atoms with Crippen molar-refractivity contribution in [1.82, 2.24) is 5.32 Å². The van der Waals surface area contributed by atoms with Gasteiger partial charge in [0.25, 0.3) is 0 Å². The van der Waals surface area contributed by atoms with Crippen molar-refractivity contribution in [2.24, 2.45) is 11.7 Å².